The molecule has 0 heterocycles. The summed E-state index contributed by atoms with van der Waals surface area (Å²) in [5, 5.41) is 5.94. The fraction of sp³-hybridized carbons (Fsp3) is 0.467. The van der Waals surface area contributed by atoms with E-state index in [0.717, 1.165) is 23.5 Å². The summed E-state index contributed by atoms with van der Waals surface area (Å²) in [6.45, 7) is 6.16. The van der Waals surface area contributed by atoms with Gasteiger partial charge in [-0.1, -0.05) is 28.1 Å². The first-order valence-electron chi connectivity index (χ1n) is 7.07. The van der Waals surface area contributed by atoms with Crippen LogP contribution in [0.25, 0.3) is 0 Å². The third-order valence-corrected chi connectivity index (χ3v) is 3.30. The molecule has 0 unspecified atom stereocenters. The smallest absolute Gasteiger partial charge is 0.241 e. The van der Waals surface area contributed by atoms with Gasteiger partial charge in [-0.3, -0.25) is 4.79 Å². The summed E-state index contributed by atoms with van der Waals surface area (Å²) in [6, 6.07) is 8.16. The Morgan fingerprint density at radius 2 is 1.81 bits per heavy atom. The number of amides is 1. The minimum Gasteiger partial charge on any atom is -0.357 e. The maximum Gasteiger partial charge on any atom is 0.241 e. The maximum absolute atomic E-state index is 11.5. The average Bonchev–Trinajstić information content (AvgIpc) is 2.46. The Labute approximate surface area is 134 Å². The lowest BCUT2D eigenvalue weighted by Gasteiger charge is -2.22. The lowest BCUT2D eigenvalue weighted by atomic mass is 10.2. The summed E-state index contributed by atoms with van der Waals surface area (Å²) in [5.74, 6) is 0.664. The van der Waals surface area contributed by atoms with E-state index in [4.69, 9.17) is 0 Å². The third kappa shape index (κ3) is 6.62. The van der Waals surface area contributed by atoms with Crippen molar-refractivity contribution in [2.75, 3.05) is 26.7 Å². The van der Waals surface area contributed by atoms with Crippen molar-refractivity contribution in [2.24, 2.45) is 4.99 Å². The van der Waals surface area contributed by atoms with Crippen molar-refractivity contribution in [3.8, 4) is 0 Å². The molecule has 0 spiro atoms. The van der Waals surface area contributed by atoms with E-state index < -0.39 is 0 Å². The predicted octanol–water partition coefficient (Wildman–Crippen LogP) is 1.98. The van der Waals surface area contributed by atoms with Gasteiger partial charge in [-0.25, -0.2) is 4.99 Å². The first kappa shape index (κ1) is 17.5. The number of hydrogen-bond acceptors (Lipinski definition) is 2. The molecule has 0 aliphatic rings. The van der Waals surface area contributed by atoms with Crippen LogP contribution in [-0.4, -0.2) is 43.4 Å². The van der Waals surface area contributed by atoms with E-state index in [0.29, 0.717) is 6.54 Å². The lowest BCUT2D eigenvalue weighted by molar-refractivity contribution is -0.119. The highest BCUT2D eigenvalue weighted by Gasteiger charge is 2.07. The Morgan fingerprint density at radius 3 is 2.38 bits per heavy atom. The highest BCUT2D eigenvalue weighted by atomic mass is 79.9. The number of guanidine groups is 1. The van der Waals surface area contributed by atoms with Gasteiger partial charge in [-0.05, 0) is 31.5 Å². The predicted molar refractivity (Wildman–Crippen MR) is 90.3 cm³/mol. The van der Waals surface area contributed by atoms with Crippen LogP contribution in [0, 0.1) is 0 Å². The van der Waals surface area contributed by atoms with E-state index in [1.807, 2.05) is 37.9 Å². The minimum absolute atomic E-state index is 0.0649. The topological polar surface area (TPSA) is 56.7 Å². The van der Waals surface area contributed by atoms with Gasteiger partial charge in [0.2, 0.25) is 5.91 Å². The molecule has 0 aliphatic heterocycles. The van der Waals surface area contributed by atoms with Crippen molar-refractivity contribution in [1.29, 1.82) is 0 Å². The Balaban J connectivity index is 2.67. The van der Waals surface area contributed by atoms with Gasteiger partial charge in [-0.15, -0.1) is 0 Å². The van der Waals surface area contributed by atoms with Gasteiger partial charge in [0, 0.05) is 31.2 Å². The van der Waals surface area contributed by atoms with Gasteiger partial charge in [-0.2, -0.15) is 0 Å². The fourth-order valence-corrected chi connectivity index (χ4v) is 2.07. The number of aliphatic imine (C=N–C) groups is 1. The lowest BCUT2D eigenvalue weighted by Crippen LogP contribution is -2.39. The van der Waals surface area contributed by atoms with Gasteiger partial charge in [0.15, 0.2) is 5.96 Å². The van der Waals surface area contributed by atoms with Crippen molar-refractivity contribution >= 4 is 27.8 Å². The van der Waals surface area contributed by atoms with Crippen LogP contribution in [0.1, 0.15) is 19.4 Å². The second kappa shape index (κ2) is 9.39. The first-order valence-corrected chi connectivity index (χ1v) is 7.86. The molecule has 2 N–H and O–H groups in total. The molecule has 1 aromatic carbocycles. The largest absolute Gasteiger partial charge is 0.357 e. The SMILES string of the molecule is CCNC(=O)CN=C(NCC)N(C)Cc1ccc(Br)cc1. The molecule has 1 rings (SSSR count). The summed E-state index contributed by atoms with van der Waals surface area (Å²) in [4.78, 5) is 17.9. The van der Waals surface area contributed by atoms with Crippen molar-refractivity contribution < 1.29 is 4.79 Å². The molecule has 0 atom stereocenters. The second-order valence-corrected chi connectivity index (χ2v) is 5.52. The molecule has 0 saturated carbocycles. The molecule has 0 aliphatic carbocycles. The molecular formula is C15H23BrN4O. The molecule has 6 heteroatoms. The zero-order chi connectivity index (χ0) is 15.7. The van der Waals surface area contributed by atoms with Crippen LogP contribution >= 0.6 is 15.9 Å². The summed E-state index contributed by atoms with van der Waals surface area (Å²) in [5.41, 5.74) is 1.18. The van der Waals surface area contributed by atoms with Crippen molar-refractivity contribution in [1.82, 2.24) is 15.5 Å². The van der Waals surface area contributed by atoms with Gasteiger partial charge in [0.25, 0.3) is 0 Å². The number of benzene rings is 1. The molecular weight excluding hydrogens is 332 g/mol. The van der Waals surface area contributed by atoms with Crippen LogP contribution < -0.4 is 10.6 Å². The second-order valence-electron chi connectivity index (χ2n) is 4.61. The zero-order valence-electron chi connectivity index (χ0n) is 12.8. The third-order valence-electron chi connectivity index (χ3n) is 2.78. The number of halogens is 1. The Kier molecular flexibility index (Phi) is 7.82. The van der Waals surface area contributed by atoms with E-state index in [-0.39, 0.29) is 12.5 Å². The summed E-state index contributed by atoms with van der Waals surface area (Å²) in [7, 11) is 1.96. The molecule has 0 aromatic heterocycles. The Morgan fingerprint density at radius 1 is 1.19 bits per heavy atom. The minimum atomic E-state index is -0.0649. The maximum atomic E-state index is 11.5. The number of likely N-dealkylation sites (N-methyl/N-ethyl adjacent to an activating group) is 1. The van der Waals surface area contributed by atoms with Crippen LogP contribution in [-0.2, 0) is 11.3 Å². The van der Waals surface area contributed by atoms with Crippen LogP contribution in [0.2, 0.25) is 0 Å². The fourth-order valence-electron chi connectivity index (χ4n) is 1.81. The van der Waals surface area contributed by atoms with E-state index in [1.54, 1.807) is 0 Å². The standard InChI is InChI=1S/C15H23BrN4O/c1-4-17-14(21)10-19-15(18-5-2)20(3)11-12-6-8-13(16)9-7-12/h6-9H,4-5,10-11H2,1-3H3,(H,17,21)(H,18,19). The average molecular weight is 355 g/mol. The van der Waals surface area contributed by atoms with E-state index in [2.05, 4.69) is 43.7 Å². The van der Waals surface area contributed by atoms with Crippen molar-refractivity contribution in [3.05, 3.63) is 34.3 Å². The van der Waals surface area contributed by atoms with Crippen molar-refractivity contribution in [2.45, 2.75) is 20.4 Å². The number of carbonyl (C=O) groups excluding carboxylic acids is 1. The molecule has 0 bridgehead atoms. The zero-order valence-corrected chi connectivity index (χ0v) is 14.4. The van der Waals surface area contributed by atoms with Crippen LogP contribution in [0.15, 0.2) is 33.7 Å². The van der Waals surface area contributed by atoms with E-state index in [9.17, 15) is 4.79 Å². The molecule has 0 radical (unpaired) electrons. The molecule has 21 heavy (non-hydrogen) atoms. The Bertz CT molecular complexity index is 473. The highest BCUT2D eigenvalue weighted by molar-refractivity contribution is 9.10. The number of nitrogens with one attached hydrogen (secondary N) is 2. The number of carbonyl (C=O) groups is 1. The van der Waals surface area contributed by atoms with Crippen LogP contribution in [0.4, 0.5) is 0 Å². The first-order chi connectivity index (χ1) is 10.1. The van der Waals surface area contributed by atoms with Gasteiger partial charge in [0.1, 0.15) is 6.54 Å². The van der Waals surface area contributed by atoms with E-state index >= 15 is 0 Å². The summed E-state index contributed by atoms with van der Waals surface area (Å²) >= 11 is 3.43. The number of nitrogens with zero attached hydrogens (tertiary/aromatic N) is 2. The van der Waals surface area contributed by atoms with E-state index in [1.165, 1.54) is 5.56 Å². The molecule has 0 saturated heterocycles. The van der Waals surface area contributed by atoms with Gasteiger partial charge in [0.05, 0.1) is 0 Å². The van der Waals surface area contributed by atoms with Crippen molar-refractivity contribution in [3.63, 3.8) is 0 Å². The Hall–Kier alpha value is -1.56. The monoisotopic (exact) mass is 354 g/mol. The quantitative estimate of drug-likeness (QED) is 0.606. The summed E-state index contributed by atoms with van der Waals surface area (Å²) in [6.07, 6.45) is 0. The number of hydrogen-bond donors (Lipinski definition) is 2. The van der Waals surface area contributed by atoms with Gasteiger partial charge >= 0.3 is 0 Å². The molecule has 0 fully saturated rings. The van der Waals surface area contributed by atoms with Gasteiger partial charge < -0.3 is 15.5 Å². The normalized spacial score (nSPS) is 11.1. The molecule has 5 nitrogen and oxygen atoms in total. The van der Waals surface area contributed by atoms with Crippen LogP contribution in [0.3, 0.4) is 0 Å². The van der Waals surface area contributed by atoms with Crippen LogP contribution in [0.5, 0.6) is 0 Å². The highest BCUT2D eigenvalue weighted by Crippen LogP contribution is 2.11. The number of rotatable bonds is 6. The summed E-state index contributed by atoms with van der Waals surface area (Å²) < 4.78 is 1.06. The molecule has 116 valence electrons. The molecule has 1 aromatic rings. The molecule has 1 amide bonds.